The monoisotopic (exact) mass is 202 g/mol. The first kappa shape index (κ1) is 13.4. The molecule has 0 aromatic rings. The third-order valence-corrected chi connectivity index (χ3v) is 2.10. The zero-order valence-electron chi connectivity index (χ0n) is 9.67. The molecule has 0 rings (SSSR count). The van der Waals surface area contributed by atoms with Crippen LogP contribution in [0.4, 0.5) is 0 Å². The van der Waals surface area contributed by atoms with E-state index in [-0.39, 0.29) is 0 Å². The number of esters is 1. The molecule has 0 radical (unpaired) electrons. The topological polar surface area (TPSA) is 46.5 Å². The first-order chi connectivity index (χ1) is 6.39. The van der Waals surface area contributed by atoms with E-state index in [0.29, 0.717) is 0 Å². The van der Waals surface area contributed by atoms with Crippen LogP contribution in [-0.2, 0) is 9.53 Å². The van der Waals surface area contributed by atoms with Gasteiger partial charge in [-0.1, -0.05) is 19.8 Å². The largest absolute Gasteiger partial charge is 0.458 e. The minimum absolute atomic E-state index is 0.455. The molecule has 0 amide bonds. The SMILES string of the molecule is CCCCCC(C)(C)OC(=O)C(C)O. The fourth-order valence-electron chi connectivity index (χ4n) is 1.21. The molecule has 0 aliphatic carbocycles. The molecule has 1 unspecified atom stereocenters. The summed E-state index contributed by atoms with van der Waals surface area (Å²) in [5.41, 5.74) is -0.455. The molecule has 1 N–H and O–H groups in total. The van der Waals surface area contributed by atoms with Crippen LogP contribution < -0.4 is 0 Å². The maximum atomic E-state index is 11.1. The highest BCUT2D eigenvalue weighted by Gasteiger charge is 2.24. The molecule has 0 aliphatic heterocycles. The van der Waals surface area contributed by atoms with Crippen LogP contribution in [0, 0.1) is 0 Å². The van der Waals surface area contributed by atoms with E-state index in [4.69, 9.17) is 9.84 Å². The van der Waals surface area contributed by atoms with Gasteiger partial charge < -0.3 is 9.84 Å². The molecular formula is C11H22O3. The number of rotatable bonds is 6. The Hall–Kier alpha value is -0.570. The molecule has 1 atom stereocenters. The number of aliphatic hydroxyl groups is 1. The number of aliphatic hydroxyl groups excluding tert-OH is 1. The summed E-state index contributed by atoms with van der Waals surface area (Å²) in [5, 5.41) is 8.98. The van der Waals surface area contributed by atoms with Gasteiger partial charge in [-0.05, 0) is 33.6 Å². The molecule has 0 spiro atoms. The summed E-state index contributed by atoms with van der Waals surface area (Å²) in [6.45, 7) is 7.31. The molecule has 0 aromatic heterocycles. The van der Waals surface area contributed by atoms with Gasteiger partial charge in [0.2, 0.25) is 0 Å². The van der Waals surface area contributed by atoms with Gasteiger partial charge in [0.05, 0.1) is 0 Å². The Balaban J connectivity index is 3.87. The number of hydrogen-bond donors (Lipinski definition) is 1. The molecule has 0 aromatic carbocycles. The van der Waals surface area contributed by atoms with Crippen LogP contribution in [0.3, 0.4) is 0 Å². The summed E-state index contributed by atoms with van der Waals surface area (Å²) in [7, 11) is 0. The third-order valence-electron chi connectivity index (χ3n) is 2.10. The van der Waals surface area contributed by atoms with Crippen LogP contribution in [0.1, 0.15) is 53.4 Å². The Morgan fingerprint density at radius 3 is 2.43 bits per heavy atom. The Kier molecular flexibility index (Phi) is 5.77. The molecule has 3 heteroatoms. The van der Waals surface area contributed by atoms with E-state index in [1.807, 2.05) is 13.8 Å². The van der Waals surface area contributed by atoms with Gasteiger partial charge in [-0.2, -0.15) is 0 Å². The number of hydrogen-bond acceptors (Lipinski definition) is 3. The standard InChI is InChI=1S/C11H22O3/c1-5-6-7-8-11(3,4)14-10(13)9(2)12/h9,12H,5-8H2,1-4H3. The molecule has 0 heterocycles. The Labute approximate surface area is 86.5 Å². The molecule has 0 saturated carbocycles. The lowest BCUT2D eigenvalue weighted by molar-refractivity contribution is -0.166. The normalized spacial score (nSPS) is 13.8. The highest BCUT2D eigenvalue weighted by molar-refractivity contribution is 5.74. The van der Waals surface area contributed by atoms with Crippen LogP contribution in [-0.4, -0.2) is 22.8 Å². The number of ether oxygens (including phenoxy) is 1. The molecule has 3 nitrogen and oxygen atoms in total. The highest BCUT2D eigenvalue weighted by atomic mass is 16.6. The molecule has 0 bridgehead atoms. The second-order valence-corrected chi connectivity index (χ2v) is 4.31. The van der Waals surface area contributed by atoms with Gasteiger partial charge in [0.1, 0.15) is 11.7 Å². The van der Waals surface area contributed by atoms with Crippen molar-refractivity contribution in [3.8, 4) is 0 Å². The number of carbonyl (C=O) groups is 1. The van der Waals surface area contributed by atoms with Gasteiger partial charge in [0.25, 0.3) is 0 Å². The van der Waals surface area contributed by atoms with E-state index >= 15 is 0 Å². The molecule has 14 heavy (non-hydrogen) atoms. The van der Waals surface area contributed by atoms with Crippen LogP contribution in [0.25, 0.3) is 0 Å². The van der Waals surface area contributed by atoms with Crippen molar-refractivity contribution in [2.45, 2.75) is 65.1 Å². The average molecular weight is 202 g/mol. The smallest absolute Gasteiger partial charge is 0.335 e. The maximum absolute atomic E-state index is 11.1. The number of carbonyl (C=O) groups excluding carboxylic acids is 1. The zero-order chi connectivity index (χ0) is 11.2. The Morgan fingerprint density at radius 1 is 1.43 bits per heavy atom. The second kappa shape index (κ2) is 6.02. The first-order valence-corrected chi connectivity index (χ1v) is 5.30. The van der Waals surface area contributed by atoms with Gasteiger partial charge in [0, 0.05) is 0 Å². The van der Waals surface area contributed by atoms with Crippen molar-refractivity contribution < 1.29 is 14.6 Å². The van der Waals surface area contributed by atoms with Crippen molar-refractivity contribution in [3.05, 3.63) is 0 Å². The first-order valence-electron chi connectivity index (χ1n) is 5.30. The average Bonchev–Trinajstić information content (AvgIpc) is 2.03. The summed E-state index contributed by atoms with van der Waals surface area (Å²) in [6, 6.07) is 0. The number of unbranched alkanes of at least 4 members (excludes halogenated alkanes) is 2. The summed E-state index contributed by atoms with van der Waals surface area (Å²) >= 11 is 0. The fourth-order valence-corrected chi connectivity index (χ4v) is 1.21. The van der Waals surface area contributed by atoms with Crippen LogP contribution in [0.15, 0.2) is 0 Å². The van der Waals surface area contributed by atoms with Crippen LogP contribution in [0.2, 0.25) is 0 Å². The van der Waals surface area contributed by atoms with Crippen molar-refractivity contribution in [3.63, 3.8) is 0 Å². The van der Waals surface area contributed by atoms with Crippen LogP contribution >= 0.6 is 0 Å². The van der Waals surface area contributed by atoms with E-state index in [0.717, 1.165) is 25.7 Å². The molecular weight excluding hydrogens is 180 g/mol. The van der Waals surface area contributed by atoms with Gasteiger partial charge in [-0.3, -0.25) is 0 Å². The van der Waals surface area contributed by atoms with E-state index in [1.165, 1.54) is 6.92 Å². The summed E-state index contributed by atoms with van der Waals surface area (Å²) in [4.78, 5) is 11.1. The molecule has 0 fully saturated rings. The molecule has 84 valence electrons. The van der Waals surface area contributed by atoms with E-state index < -0.39 is 17.7 Å². The van der Waals surface area contributed by atoms with Crippen molar-refractivity contribution in [1.82, 2.24) is 0 Å². The fraction of sp³-hybridized carbons (Fsp3) is 0.909. The minimum Gasteiger partial charge on any atom is -0.458 e. The Bertz CT molecular complexity index is 173. The lowest BCUT2D eigenvalue weighted by Gasteiger charge is -2.25. The predicted molar refractivity (Wildman–Crippen MR) is 56.0 cm³/mol. The summed E-state index contributed by atoms with van der Waals surface area (Å²) in [5.74, 6) is -0.536. The van der Waals surface area contributed by atoms with Gasteiger partial charge in [-0.25, -0.2) is 4.79 Å². The van der Waals surface area contributed by atoms with Gasteiger partial charge in [0.15, 0.2) is 0 Å². The lowest BCUT2D eigenvalue weighted by Crippen LogP contribution is -2.32. The van der Waals surface area contributed by atoms with Crippen molar-refractivity contribution in [2.24, 2.45) is 0 Å². The van der Waals surface area contributed by atoms with Crippen molar-refractivity contribution in [1.29, 1.82) is 0 Å². The van der Waals surface area contributed by atoms with Crippen molar-refractivity contribution >= 4 is 5.97 Å². The summed E-state index contributed by atoms with van der Waals surface area (Å²) in [6.07, 6.45) is 3.17. The molecule has 0 aliphatic rings. The van der Waals surface area contributed by atoms with Gasteiger partial charge in [-0.15, -0.1) is 0 Å². The van der Waals surface area contributed by atoms with Crippen molar-refractivity contribution in [2.75, 3.05) is 0 Å². The Morgan fingerprint density at radius 2 is 2.00 bits per heavy atom. The highest BCUT2D eigenvalue weighted by Crippen LogP contribution is 2.19. The maximum Gasteiger partial charge on any atom is 0.335 e. The minimum atomic E-state index is -1.03. The van der Waals surface area contributed by atoms with E-state index in [9.17, 15) is 4.79 Å². The van der Waals surface area contributed by atoms with Crippen LogP contribution in [0.5, 0.6) is 0 Å². The van der Waals surface area contributed by atoms with E-state index in [2.05, 4.69) is 6.92 Å². The predicted octanol–water partition coefficient (Wildman–Crippen LogP) is 2.27. The second-order valence-electron chi connectivity index (χ2n) is 4.31. The third kappa shape index (κ3) is 5.97. The summed E-state index contributed by atoms with van der Waals surface area (Å²) < 4.78 is 5.16. The quantitative estimate of drug-likeness (QED) is 0.531. The van der Waals surface area contributed by atoms with Gasteiger partial charge >= 0.3 is 5.97 Å². The lowest BCUT2D eigenvalue weighted by atomic mass is 10.0. The zero-order valence-corrected chi connectivity index (χ0v) is 9.67. The molecule has 0 saturated heterocycles. The van der Waals surface area contributed by atoms with E-state index in [1.54, 1.807) is 0 Å².